The third kappa shape index (κ3) is 3.52. The summed E-state index contributed by atoms with van der Waals surface area (Å²) in [5.41, 5.74) is 2.30. The zero-order chi connectivity index (χ0) is 14.8. The molecule has 1 rings (SSSR count). The molecular weight excluding hydrogens is 234 g/mol. The lowest BCUT2D eigenvalue weighted by molar-refractivity contribution is 0.443. The quantitative estimate of drug-likeness (QED) is 0.715. The Balaban J connectivity index is 3.63. The van der Waals surface area contributed by atoms with Crippen LogP contribution in [0.15, 0.2) is 12.1 Å². The van der Waals surface area contributed by atoms with Crippen molar-refractivity contribution in [3.8, 4) is 23.7 Å². The molecular formula is C17H21NO. The number of phenolic OH excluding ortho intramolecular Hbond substituents is 1. The summed E-state index contributed by atoms with van der Waals surface area (Å²) >= 11 is 0. The first-order valence-electron chi connectivity index (χ1n) is 6.35. The molecule has 0 bridgehead atoms. The summed E-state index contributed by atoms with van der Waals surface area (Å²) < 4.78 is 0. The van der Waals surface area contributed by atoms with Gasteiger partial charge in [0.25, 0.3) is 0 Å². The summed E-state index contributed by atoms with van der Waals surface area (Å²) in [6, 6.07) is 5.69. The SMILES string of the molecule is CC(C)(C)c1cc(C#CC#N)c(O)c(C(C)(C)C)c1. The van der Waals surface area contributed by atoms with E-state index in [2.05, 4.69) is 53.4 Å². The number of hydrogen-bond donors (Lipinski definition) is 1. The molecule has 0 aliphatic heterocycles. The Bertz CT molecular complexity index is 581. The van der Waals surface area contributed by atoms with E-state index in [1.54, 1.807) is 6.07 Å². The molecule has 0 unspecified atom stereocenters. The van der Waals surface area contributed by atoms with Gasteiger partial charge in [-0.2, -0.15) is 5.26 Å². The van der Waals surface area contributed by atoms with Crippen LogP contribution >= 0.6 is 0 Å². The van der Waals surface area contributed by atoms with Gasteiger partial charge in [-0.05, 0) is 28.4 Å². The average Bonchev–Trinajstić information content (AvgIpc) is 2.24. The Morgan fingerprint density at radius 2 is 1.58 bits per heavy atom. The Labute approximate surface area is 116 Å². The van der Waals surface area contributed by atoms with Crippen molar-refractivity contribution in [1.29, 1.82) is 5.26 Å². The van der Waals surface area contributed by atoms with Gasteiger partial charge in [0.2, 0.25) is 0 Å². The highest BCUT2D eigenvalue weighted by Gasteiger charge is 2.24. The lowest BCUT2D eigenvalue weighted by Crippen LogP contribution is -2.17. The van der Waals surface area contributed by atoms with Crippen molar-refractivity contribution in [3.05, 3.63) is 28.8 Å². The maximum Gasteiger partial charge on any atom is 0.152 e. The zero-order valence-corrected chi connectivity index (χ0v) is 12.5. The fourth-order valence-corrected chi connectivity index (χ4v) is 1.83. The molecule has 2 heteroatoms. The van der Waals surface area contributed by atoms with Crippen molar-refractivity contribution >= 4 is 0 Å². The molecule has 0 heterocycles. The normalized spacial score (nSPS) is 11.4. The molecule has 2 nitrogen and oxygen atoms in total. The van der Waals surface area contributed by atoms with Crippen LogP contribution in [0.25, 0.3) is 0 Å². The van der Waals surface area contributed by atoms with E-state index >= 15 is 0 Å². The molecule has 0 radical (unpaired) electrons. The molecule has 0 saturated heterocycles. The monoisotopic (exact) mass is 255 g/mol. The van der Waals surface area contributed by atoms with Gasteiger partial charge in [-0.3, -0.25) is 0 Å². The third-order valence-electron chi connectivity index (χ3n) is 3.04. The largest absolute Gasteiger partial charge is 0.506 e. The minimum atomic E-state index is -0.172. The summed E-state index contributed by atoms with van der Waals surface area (Å²) in [5.74, 6) is 5.27. The maximum absolute atomic E-state index is 10.3. The minimum Gasteiger partial charge on any atom is -0.506 e. The molecule has 0 aliphatic carbocycles. The van der Waals surface area contributed by atoms with Crippen molar-refractivity contribution in [2.45, 2.75) is 52.4 Å². The zero-order valence-electron chi connectivity index (χ0n) is 12.5. The van der Waals surface area contributed by atoms with Crippen LogP contribution in [0.5, 0.6) is 5.75 Å². The second-order valence-electron chi connectivity index (χ2n) is 6.78. The Hall–Kier alpha value is -1.93. The van der Waals surface area contributed by atoms with Crippen LogP contribution in [0.3, 0.4) is 0 Å². The average molecular weight is 255 g/mol. The second-order valence-corrected chi connectivity index (χ2v) is 6.78. The lowest BCUT2D eigenvalue weighted by Gasteiger charge is -2.26. The summed E-state index contributed by atoms with van der Waals surface area (Å²) in [6.07, 6.45) is 0. The van der Waals surface area contributed by atoms with E-state index in [1.165, 1.54) is 0 Å². The first kappa shape index (κ1) is 15.1. The first-order valence-corrected chi connectivity index (χ1v) is 6.35. The van der Waals surface area contributed by atoms with Crippen molar-refractivity contribution < 1.29 is 5.11 Å². The molecule has 0 aromatic heterocycles. The van der Waals surface area contributed by atoms with E-state index in [0.29, 0.717) is 5.56 Å². The van der Waals surface area contributed by atoms with Crippen LogP contribution < -0.4 is 0 Å². The predicted molar refractivity (Wildman–Crippen MR) is 78.0 cm³/mol. The Kier molecular flexibility index (Phi) is 3.97. The standard InChI is InChI=1S/C17H21NO/c1-16(2,3)13-10-12(8-7-9-18)15(19)14(11-13)17(4,5)6/h10-11,19H,1-6H3. The highest BCUT2D eigenvalue weighted by atomic mass is 16.3. The molecule has 0 saturated carbocycles. The van der Waals surface area contributed by atoms with E-state index in [9.17, 15) is 5.11 Å². The van der Waals surface area contributed by atoms with Gasteiger partial charge in [-0.15, -0.1) is 0 Å². The molecule has 0 spiro atoms. The molecule has 0 fully saturated rings. The number of nitriles is 1. The summed E-state index contributed by atoms with van der Waals surface area (Å²) in [6.45, 7) is 12.5. The molecule has 100 valence electrons. The molecule has 19 heavy (non-hydrogen) atoms. The number of nitrogens with zero attached hydrogens (tertiary/aromatic N) is 1. The van der Waals surface area contributed by atoms with Gasteiger partial charge >= 0.3 is 0 Å². The van der Waals surface area contributed by atoms with Crippen molar-refractivity contribution in [2.75, 3.05) is 0 Å². The molecule has 0 atom stereocenters. The van der Waals surface area contributed by atoms with Gasteiger partial charge in [-0.1, -0.05) is 47.6 Å². The summed E-state index contributed by atoms with van der Waals surface area (Å²) in [5, 5.41) is 18.9. The van der Waals surface area contributed by atoms with Crippen LogP contribution in [-0.4, -0.2) is 5.11 Å². The van der Waals surface area contributed by atoms with Gasteiger partial charge in [0.1, 0.15) is 5.75 Å². The van der Waals surface area contributed by atoms with Gasteiger partial charge in [0, 0.05) is 11.5 Å². The van der Waals surface area contributed by atoms with E-state index in [0.717, 1.165) is 11.1 Å². The number of benzene rings is 1. The van der Waals surface area contributed by atoms with Gasteiger partial charge < -0.3 is 5.11 Å². The van der Waals surface area contributed by atoms with E-state index in [-0.39, 0.29) is 16.6 Å². The van der Waals surface area contributed by atoms with Crippen LogP contribution in [0, 0.1) is 23.2 Å². The number of rotatable bonds is 0. The van der Waals surface area contributed by atoms with Gasteiger partial charge in [0.05, 0.1) is 5.56 Å². The van der Waals surface area contributed by atoms with Crippen LogP contribution in [0.4, 0.5) is 0 Å². The van der Waals surface area contributed by atoms with Gasteiger partial charge in [-0.25, -0.2) is 0 Å². The topological polar surface area (TPSA) is 44.0 Å². The molecule has 0 aliphatic rings. The third-order valence-corrected chi connectivity index (χ3v) is 3.04. The smallest absolute Gasteiger partial charge is 0.152 e. The van der Waals surface area contributed by atoms with Crippen molar-refractivity contribution in [3.63, 3.8) is 0 Å². The van der Waals surface area contributed by atoms with Crippen LogP contribution in [0.2, 0.25) is 0 Å². The molecule has 1 N–H and O–H groups in total. The fraction of sp³-hybridized carbons (Fsp3) is 0.471. The number of hydrogen-bond acceptors (Lipinski definition) is 2. The second kappa shape index (κ2) is 4.98. The number of aromatic hydroxyl groups is 1. The Morgan fingerprint density at radius 1 is 1.00 bits per heavy atom. The lowest BCUT2D eigenvalue weighted by atomic mass is 9.79. The molecule has 1 aromatic carbocycles. The maximum atomic E-state index is 10.3. The van der Waals surface area contributed by atoms with Gasteiger partial charge in [0.15, 0.2) is 6.07 Å². The Morgan fingerprint density at radius 3 is 2.00 bits per heavy atom. The van der Waals surface area contributed by atoms with Crippen LogP contribution in [-0.2, 0) is 10.8 Å². The van der Waals surface area contributed by atoms with E-state index in [4.69, 9.17) is 5.26 Å². The highest BCUT2D eigenvalue weighted by molar-refractivity contribution is 5.56. The van der Waals surface area contributed by atoms with E-state index < -0.39 is 0 Å². The fourth-order valence-electron chi connectivity index (χ4n) is 1.83. The minimum absolute atomic E-state index is 0.0310. The van der Waals surface area contributed by atoms with Crippen molar-refractivity contribution in [1.82, 2.24) is 0 Å². The van der Waals surface area contributed by atoms with Crippen molar-refractivity contribution in [2.24, 2.45) is 0 Å². The summed E-state index contributed by atoms with van der Waals surface area (Å²) in [7, 11) is 0. The first-order chi connectivity index (χ1) is 8.57. The summed E-state index contributed by atoms with van der Waals surface area (Å²) in [4.78, 5) is 0. The highest BCUT2D eigenvalue weighted by Crippen LogP contribution is 2.37. The predicted octanol–water partition coefficient (Wildman–Crippen LogP) is 3.86. The van der Waals surface area contributed by atoms with Crippen LogP contribution in [0.1, 0.15) is 58.2 Å². The molecule has 1 aromatic rings. The van der Waals surface area contributed by atoms with E-state index in [1.807, 2.05) is 12.1 Å². The molecule has 0 amide bonds. The number of phenols is 1.